The summed E-state index contributed by atoms with van der Waals surface area (Å²) in [7, 11) is 0. The molecule has 1 aromatic rings. The van der Waals surface area contributed by atoms with Gasteiger partial charge in [-0.15, -0.1) is 0 Å². The van der Waals surface area contributed by atoms with Crippen molar-refractivity contribution in [2.45, 2.75) is 12.8 Å². The monoisotopic (exact) mass is 205 g/mol. The number of aromatic nitrogens is 1. The van der Waals surface area contributed by atoms with Crippen LogP contribution in [-0.4, -0.2) is 42.7 Å². The first-order valence-corrected chi connectivity index (χ1v) is 5.56. The predicted molar refractivity (Wildman–Crippen MR) is 58.7 cm³/mol. The van der Waals surface area contributed by atoms with E-state index in [0.29, 0.717) is 0 Å². The second kappa shape index (κ2) is 5.83. The van der Waals surface area contributed by atoms with Crippen LogP contribution in [-0.2, 0) is 11.2 Å². The van der Waals surface area contributed by atoms with Gasteiger partial charge in [-0.2, -0.15) is 0 Å². The maximum Gasteiger partial charge on any atom is 0.0888 e. The van der Waals surface area contributed by atoms with Crippen LogP contribution < -0.4 is 0 Å². The fourth-order valence-corrected chi connectivity index (χ4v) is 1.83. The minimum atomic E-state index is 0.892. The third kappa shape index (κ3) is 3.61. The van der Waals surface area contributed by atoms with Crippen molar-refractivity contribution in [2.24, 2.45) is 0 Å². The molecule has 15 heavy (non-hydrogen) atoms. The van der Waals surface area contributed by atoms with Gasteiger partial charge in [0, 0.05) is 19.3 Å². The standard InChI is InChI=1S/C12H17N2O/c1(2-12-3-5-13-6-4-12)7-14-8-10-15-11-9-14/h3-5H,1-2,7-11H2. The van der Waals surface area contributed by atoms with Crippen LogP contribution in [0.1, 0.15) is 12.0 Å². The molecule has 3 heteroatoms. The highest BCUT2D eigenvalue weighted by molar-refractivity contribution is 5.08. The zero-order valence-electron chi connectivity index (χ0n) is 8.98. The van der Waals surface area contributed by atoms with Gasteiger partial charge in [-0.05, 0) is 37.1 Å². The van der Waals surface area contributed by atoms with Crippen LogP contribution in [0, 0.1) is 6.20 Å². The molecule has 0 atom stereocenters. The lowest BCUT2D eigenvalue weighted by Gasteiger charge is -2.26. The first kappa shape index (κ1) is 10.6. The van der Waals surface area contributed by atoms with Crippen molar-refractivity contribution in [2.75, 3.05) is 32.8 Å². The Balaban J connectivity index is 1.66. The van der Waals surface area contributed by atoms with Crippen LogP contribution in [0.25, 0.3) is 0 Å². The molecule has 0 bridgehead atoms. The van der Waals surface area contributed by atoms with Crippen LogP contribution in [0.5, 0.6) is 0 Å². The summed E-state index contributed by atoms with van der Waals surface area (Å²) in [5.74, 6) is 0. The molecule has 0 spiro atoms. The summed E-state index contributed by atoms with van der Waals surface area (Å²) in [5.41, 5.74) is 1.33. The summed E-state index contributed by atoms with van der Waals surface area (Å²) in [5, 5.41) is 0. The topological polar surface area (TPSA) is 25.4 Å². The quantitative estimate of drug-likeness (QED) is 0.737. The van der Waals surface area contributed by atoms with Crippen molar-refractivity contribution < 1.29 is 4.74 Å². The molecule has 0 aromatic carbocycles. The van der Waals surface area contributed by atoms with Gasteiger partial charge in [0.1, 0.15) is 0 Å². The summed E-state index contributed by atoms with van der Waals surface area (Å²) in [6.45, 7) is 5.13. The molecule has 0 unspecified atom stereocenters. The second-order valence-corrected chi connectivity index (χ2v) is 3.85. The number of nitrogens with zero attached hydrogens (tertiary/aromatic N) is 2. The van der Waals surface area contributed by atoms with E-state index in [1.165, 1.54) is 18.5 Å². The van der Waals surface area contributed by atoms with Crippen LogP contribution in [0.4, 0.5) is 0 Å². The zero-order valence-corrected chi connectivity index (χ0v) is 8.98. The van der Waals surface area contributed by atoms with Crippen molar-refractivity contribution in [1.29, 1.82) is 0 Å². The van der Waals surface area contributed by atoms with Crippen LogP contribution in [0.3, 0.4) is 0 Å². The van der Waals surface area contributed by atoms with Crippen LogP contribution >= 0.6 is 0 Å². The SMILES string of the molecule is [c]1cc(CCCN2CCOCC2)ccn1. The number of hydrogen-bond donors (Lipinski definition) is 0. The summed E-state index contributed by atoms with van der Waals surface area (Å²) in [6, 6.07) is 4.04. The van der Waals surface area contributed by atoms with Gasteiger partial charge in [0.15, 0.2) is 0 Å². The first-order chi connectivity index (χ1) is 7.45. The molecule has 3 nitrogen and oxygen atoms in total. The third-order valence-corrected chi connectivity index (χ3v) is 2.73. The van der Waals surface area contributed by atoms with Gasteiger partial charge in [-0.25, -0.2) is 0 Å². The molecule has 1 aromatic heterocycles. The number of rotatable bonds is 4. The number of ether oxygens (including phenoxy) is 1. The predicted octanol–water partition coefficient (Wildman–Crippen LogP) is 1.15. The number of morpholine rings is 1. The number of aryl methyl sites for hydroxylation is 1. The Labute approximate surface area is 91.1 Å². The lowest BCUT2D eigenvalue weighted by Crippen LogP contribution is -2.36. The number of hydrogen-bond acceptors (Lipinski definition) is 3. The van der Waals surface area contributed by atoms with Crippen molar-refractivity contribution in [3.63, 3.8) is 0 Å². The van der Waals surface area contributed by atoms with Gasteiger partial charge in [0.2, 0.25) is 0 Å². The molecule has 1 aliphatic heterocycles. The van der Waals surface area contributed by atoms with E-state index in [9.17, 15) is 0 Å². The Bertz CT molecular complexity index is 270. The van der Waals surface area contributed by atoms with E-state index in [1.54, 1.807) is 0 Å². The zero-order chi connectivity index (χ0) is 10.3. The summed E-state index contributed by atoms with van der Waals surface area (Å²) < 4.78 is 5.31. The fraction of sp³-hybridized carbons (Fsp3) is 0.583. The Kier molecular flexibility index (Phi) is 4.11. The van der Waals surface area contributed by atoms with Crippen molar-refractivity contribution >= 4 is 0 Å². The van der Waals surface area contributed by atoms with E-state index >= 15 is 0 Å². The van der Waals surface area contributed by atoms with E-state index < -0.39 is 0 Å². The van der Waals surface area contributed by atoms with Gasteiger partial charge in [-0.1, -0.05) is 0 Å². The lowest BCUT2D eigenvalue weighted by atomic mass is 10.1. The van der Waals surface area contributed by atoms with Gasteiger partial charge in [-0.3, -0.25) is 9.88 Å². The Morgan fingerprint density at radius 1 is 1.40 bits per heavy atom. The average Bonchev–Trinajstić information content (AvgIpc) is 2.32. The molecular formula is C12H17N2O. The van der Waals surface area contributed by atoms with Crippen LogP contribution in [0.2, 0.25) is 0 Å². The maximum absolute atomic E-state index is 5.31. The van der Waals surface area contributed by atoms with Crippen LogP contribution in [0.15, 0.2) is 18.3 Å². The summed E-state index contributed by atoms with van der Waals surface area (Å²) in [4.78, 5) is 6.36. The molecule has 1 saturated heterocycles. The first-order valence-electron chi connectivity index (χ1n) is 5.56. The molecule has 0 N–H and O–H groups in total. The van der Waals surface area contributed by atoms with E-state index in [1.807, 2.05) is 12.3 Å². The third-order valence-electron chi connectivity index (χ3n) is 2.73. The van der Waals surface area contributed by atoms with Gasteiger partial charge in [0.05, 0.1) is 19.4 Å². The van der Waals surface area contributed by atoms with E-state index in [-0.39, 0.29) is 0 Å². The minimum absolute atomic E-state index is 0.892. The fourth-order valence-electron chi connectivity index (χ4n) is 1.83. The summed E-state index contributed by atoms with van der Waals surface area (Å²) >= 11 is 0. The van der Waals surface area contributed by atoms with E-state index in [2.05, 4.69) is 22.1 Å². The molecular weight excluding hydrogens is 188 g/mol. The maximum atomic E-state index is 5.31. The minimum Gasteiger partial charge on any atom is -0.379 e. The van der Waals surface area contributed by atoms with E-state index in [0.717, 1.165) is 32.7 Å². The van der Waals surface area contributed by atoms with Gasteiger partial charge < -0.3 is 4.74 Å². The highest BCUT2D eigenvalue weighted by Gasteiger charge is 2.08. The Morgan fingerprint density at radius 3 is 3.00 bits per heavy atom. The van der Waals surface area contributed by atoms with Crippen molar-refractivity contribution in [3.05, 3.63) is 30.1 Å². The molecule has 1 aliphatic rings. The van der Waals surface area contributed by atoms with E-state index in [4.69, 9.17) is 4.74 Å². The van der Waals surface area contributed by atoms with Crippen molar-refractivity contribution in [1.82, 2.24) is 9.88 Å². The smallest absolute Gasteiger partial charge is 0.0888 e. The highest BCUT2D eigenvalue weighted by Crippen LogP contribution is 2.03. The van der Waals surface area contributed by atoms with Gasteiger partial charge in [0.25, 0.3) is 0 Å². The van der Waals surface area contributed by atoms with Gasteiger partial charge >= 0.3 is 0 Å². The molecule has 0 aliphatic carbocycles. The molecule has 0 saturated carbocycles. The Morgan fingerprint density at radius 2 is 2.27 bits per heavy atom. The molecule has 2 heterocycles. The summed E-state index contributed by atoms with van der Waals surface area (Å²) in [6.07, 6.45) is 7.00. The van der Waals surface area contributed by atoms with Crippen molar-refractivity contribution in [3.8, 4) is 0 Å². The molecule has 1 radical (unpaired) electrons. The Hall–Kier alpha value is -0.930. The highest BCUT2D eigenvalue weighted by atomic mass is 16.5. The molecule has 81 valence electrons. The number of pyridine rings is 1. The largest absolute Gasteiger partial charge is 0.379 e. The molecule has 2 rings (SSSR count). The lowest BCUT2D eigenvalue weighted by molar-refractivity contribution is 0.0375. The second-order valence-electron chi connectivity index (χ2n) is 3.85. The normalized spacial score (nSPS) is 17.9. The molecule has 1 fully saturated rings. The average molecular weight is 205 g/mol. The molecule has 0 amide bonds.